The largest absolute Gasteiger partial charge is 0.321 e. The van der Waals surface area contributed by atoms with E-state index in [0.29, 0.717) is 16.1 Å². The van der Waals surface area contributed by atoms with Gasteiger partial charge in [0.2, 0.25) is 0 Å². The Kier molecular flexibility index (Phi) is 3.71. The molecule has 5 heteroatoms. The summed E-state index contributed by atoms with van der Waals surface area (Å²) in [4.78, 5) is 23.0. The second kappa shape index (κ2) is 5.25. The lowest BCUT2D eigenvalue weighted by molar-refractivity contribution is 0.102. The lowest BCUT2D eigenvalue weighted by atomic mass is 10.2. The Hall–Kier alpha value is -1.46. The Morgan fingerprint density at radius 2 is 1.94 bits per heavy atom. The third kappa shape index (κ3) is 2.81. The predicted molar refractivity (Wildman–Crippen MR) is 71.8 cm³/mol. The maximum absolute atomic E-state index is 11.9. The number of amides is 1. The van der Waals surface area contributed by atoms with Gasteiger partial charge in [0.05, 0.1) is 0 Å². The van der Waals surface area contributed by atoms with Crippen LogP contribution in [0.3, 0.4) is 0 Å². The standard InChI is InChI=1S/C12H8BrNO2S/c13-10-5-6-17-11(10)12(16)14-9-3-1-8(7-15)2-4-9/h1-7H,(H,14,16). The number of nitrogens with one attached hydrogen (secondary N) is 1. The van der Waals surface area contributed by atoms with E-state index in [-0.39, 0.29) is 5.91 Å². The molecule has 0 saturated carbocycles. The first-order valence-corrected chi connectivity index (χ1v) is 6.47. The summed E-state index contributed by atoms with van der Waals surface area (Å²) in [5.41, 5.74) is 1.25. The highest BCUT2D eigenvalue weighted by Gasteiger charge is 2.11. The molecule has 0 fully saturated rings. The minimum atomic E-state index is -0.161. The van der Waals surface area contributed by atoms with Gasteiger partial charge in [-0.2, -0.15) is 0 Å². The zero-order valence-corrected chi connectivity index (χ0v) is 11.0. The van der Waals surface area contributed by atoms with Gasteiger partial charge < -0.3 is 5.32 Å². The summed E-state index contributed by atoms with van der Waals surface area (Å²) in [6, 6.07) is 8.54. The molecule has 1 heterocycles. The molecule has 0 aliphatic rings. The molecule has 0 aliphatic carbocycles. The summed E-state index contributed by atoms with van der Waals surface area (Å²) in [6.45, 7) is 0. The number of hydrogen-bond donors (Lipinski definition) is 1. The Bertz CT molecular complexity index is 548. The van der Waals surface area contributed by atoms with Crippen molar-refractivity contribution >= 4 is 45.1 Å². The molecule has 86 valence electrons. The van der Waals surface area contributed by atoms with E-state index in [1.165, 1.54) is 11.3 Å². The van der Waals surface area contributed by atoms with Crippen molar-refractivity contribution in [1.82, 2.24) is 0 Å². The van der Waals surface area contributed by atoms with Crippen LogP contribution in [-0.2, 0) is 0 Å². The van der Waals surface area contributed by atoms with Gasteiger partial charge in [0, 0.05) is 15.7 Å². The molecule has 17 heavy (non-hydrogen) atoms. The van der Waals surface area contributed by atoms with Gasteiger partial charge in [-0.25, -0.2) is 0 Å². The minimum absolute atomic E-state index is 0.161. The van der Waals surface area contributed by atoms with Crippen LogP contribution in [0.15, 0.2) is 40.2 Å². The van der Waals surface area contributed by atoms with E-state index >= 15 is 0 Å². The SMILES string of the molecule is O=Cc1ccc(NC(=O)c2sccc2Br)cc1. The van der Waals surface area contributed by atoms with Crippen molar-refractivity contribution in [3.63, 3.8) is 0 Å². The van der Waals surface area contributed by atoms with Crippen LogP contribution in [0.4, 0.5) is 5.69 Å². The van der Waals surface area contributed by atoms with Crippen LogP contribution in [0.5, 0.6) is 0 Å². The van der Waals surface area contributed by atoms with Crippen molar-refractivity contribution in [3.8, 4) is 0 Å². The molecule has 0 unspecified atom stereocenters. The second-order valence-electron chi connectivity index (χ2n) is 3.29. The zero-order valence-electron chi connectivity index (χ0n) is 8.64. The van der Waals surface area contributed by atoms with Crippen LogP contribution in [0.1, 0.15) is 20.0 Å². The van der Waals surface area contributed by atoms with E-state index in [0.717, 1.165) is 10.8 Å². The Morgan fingerprint density at radius 3 is 2.47 bits per heavy atom. The van der Waals surface area contributed by atoms with E-state index < -0.39 is 0 Å². The normalized spacial score (nSPS) is 9.94. The maximum atomic E-state index is 11.9. The third-order valence-electron chi connectivity index (χ3n) is 2.13. The monoisotopic (exact) mass is 309 g/mol. The Labute approximate surface area is 111 Å². The molecule has 0 bridgehead atoms. The second-order valence-corrected chi connectivity index (χ2v) is 5.06. The fourth-order valence-electron chi connectivity index (χ4n) is 1.29. The number of hydrogen-bond acceptors (Lipinski definition) is 3. The highest BCUT2D eigenvalue weighted by atomic mass is 79.9. The van der Waals surface area contributed by atoms with Crippen molar-refractivity contribution in [2.45, 2.75) is 0 Å². The molecule has 0 aliphatic heterocycles. The zero-order chi connectivity index (χ0) is 12.3. The van der Waals surface area contributed by atoms with Crippen molar-refractivity contribution in [1.29, 1.82) is 0 Å². The van der Waals surface area contributed by atoms with Crippen molar-refractivity contribution in [2.75, 3.05) is 5.32 Å². The number of thiophene rings is 1. The number of rotatable bonds is 3. The van der Waals surface area contributed by atoms with Crippen LogP contribution < -0.4 is 5.32 Å². The number of halogens is 1. The average Bonchev–Trinajstić information content (AvgIpc) is 2.76. The van der Waals surface area contributed by atoms with Gasteiger partial charge in [-0.15, -0.1) is 11.3 Å². The van der Waals surface area contributed by atoms with E-state index in [1.54, 1.807) is 24.3 Å². The quantitative estimate of drug-likeness (QED) is 0.881. The molecule has 0 spiro atoms. The molecular weight excluding hydrogens is 302 g/mol. The van der Waals surface area contributed by atoms with Gasteiger partial charge >= 0.3 is 0 Å². The molecular formula is C12H8BrNO2S. The van der Waals surface area contributed by atoms with Gasteiger partial charge in [-0.05, 0) is 51.6 Å². The summed E-state index contributed by atoms with van der Waals surface area (Å²) >= 11 is 4.68. The molecule has 1 aromatic carbocycles. The molecule has 1 aromatic heterocycles. The molecule has 0 radical (unpaired) electrons. The first-order valence-electron chi connectivity index (χ1n) is 4.80. The van der Waals surface area contributed by atoms with Gasteiger partial charge in [-0.3, -0.25) is 9.59 Å². The lowest BCUT2D eigenvalue weighted by Crippen LogP contribution is -2.10. The molecule has 2 aromatic rings. The molecule has 0 atom stereocenters. The molecule has 0 saturated heterocycles. The van der Waals surface area contributed by atoms with Crippen LogP contribution in [0.2, 0.25) is 0 Å². The molecule has 1 amide bonds. The topological polar surface area (TPSA) is 46.2 Å². The molecule has 2 rings (SSSR count). The summed E-state index contributed by atoms with van der Waals surface area (Å²) in [5, 5.41) is 4.60. The summed E-state index contributed by atoms with van der Waals surface area (Å²) < 4.78 is 0.782. The van der Waals surface area contributed by atoms with Gasteiger partial charge in [0.1, 0.15) is 11.2 Å². The van der Waals surface area contributed by atoms with Gasteiger partial charge in [0.15, 0.2) is 0 Å². The maximum Gasteiger partial charge on any atom is 0.266 e. The summed E-state index contributed by atoms with van der Waals surface area (Å²) in [7, 11) is 0. The van der Waals surface area contributed by atoms with E-state index in [2.05, 4.69) is 21.2 Å². The highest BCUT2D eigenvalue weighted by molar-refractivity contribution is 9.10. The summed E-state index contributed by atoms with van der Waals surface area (Å²) in [6.07, 6.45) is 0.765. The van der Waals surface area contributed by atoms with Crippen molar-refractivity contribution in [2.24, 2.45) is 0 Å². The van der Waals surface area contributed by atoms with Crippen LogP contribution >= 0.6 is 27.3 Å². The van der Waals surface area contributed by atoms with Crippen molar-refractivity contribution < 1.29 is 9.59 Å². The van der Waals surface area contributed by atoms with E-state index in [9.17, 15) is 9.59 Å². The lowest BCUT2D eigenvalue weighted by Gasteiger charge is -2.03. The number of benzene rings is 1. The average molecular weight is 310 g/mol. The number of aldehydes is 1. The number of carbonyl (C=O) groups is 2. The van der Waals surface area contributed by atoms with Gasteiger partial charge in [-0.1, -0.05) is 0 Å². The fourth-order valence-corrected chi connectivity index (χ4v) is 2.74. The smallest absolute Gasteiger partial charge is 0.266 e. The third-order valence-corrected chi connectivity index (χ3v) is 3.96. The van der Waals surface area contributed by atoms with E-state index in [1.807, 2.05) is 11.4 Å². The van der Waals surface area contributed by atoms with Crippen LogP contribution in [0, 0.1) is 0 Å². The Balaban J connectivity index is 2.13. The van der Waals surface area contributed by atoms with Crippen LogP contribution in [-0.4, -0.2) is 12.2 Å². The first-order chi connectivity index (χ1) is 8.20. The summed E-state index contributed by atoms with van der Waals surface area (Å²) in [5.74, 6) is -0.161. The Morgan fingerprint density at radius 1 is 1.24 bits per heavy atom. The molecule has 3 nitrogen and oxygen atoms in total. The van der Waals surface area contributed by atoms with Crippen LogP contribution in [0.25, 0.3) is 0 Å². The fraction of sp³-hybridized carbons (Fsp3) is 0. The van der Waals surface area contributed by atoms with Crippen molar-refractivity contribution in [3.05, 3.63) is 50.6 Å². The highest BCUT2D eigenvalue weighted by Crippen LogP contribution is 2.23. The number of carbonyl (C=O) groups excluding carboxylic acids is 2. The first kappa shape index (κ1) is 12.0. The van der Waals surface area contributed by atoms with Gasteiger partial charge in [0.25, 0.3) is 5.91 Å². The molecule has 1 N–H and O–H groups in total. The number of anilines is 1. The minimum Gasteiger partial charge on any atom is -0.321 e. The predicted octanol–water partition coefficient (Wildman–Crippen LogP) is 3.58. The van der Waals surface area contributed by atoms with E-state index in [4.69, 9.17) is 0 Å².